The summed E-state index contributed by atoms with van der Waals surface area (Å²) in [5, 5.41) is 9.73. The van der Waals surface area contributed by atoms with Crippen LogP contribution in [0, 0.1) is 0 Å². The Morgan fingerprint density at radius 2 is 1.90 bits per heavy atom. The van der Waals surface area contributed by atoms with Gasteiger partial charge in [-0.15, -0.1) is 11.7 Å². The van der Waals surface area contributed by atoms with Crippen molar-refractivity contribution in [3.05, 3.63) is 76.3 Å². The van der Waals surface area contributed by atoms with Crippen molar-refractivity contribution in [1.29, 1.82) is 0 Å². The number of amides is 1. The number of anilines is 1. The minimum absolute atomic E-state index is 0.0183. The molecule has 0 N–H and O–H groups in total. The molecule has 1 aliphatic heterocycles. The van der Waals surface area contributed by atoms with E-state index in [-0.39, 0.29) is 11.2 Å². The van der Waals surface area contributed by atoms with Crippen LogP contribution in [-0.2, 0) is 11.2 Å². The molecule has 0 bridgehead atoms. The summed E-state index contributed by atoms with van der Waals surface area (Å²) in [6.45, 7) is 4.13. The van der Waals surface area contributed by atoms with Gasteiger partial charge in [-0.3, -0.25) is 9.69 Å². The summed E-state index contributed by atoms with van der Waals surface area (Å²) in [5.74, 6) is -0.0183. The Hall–Kier alpha value is -2.28. The Bertz CT molecular complexity index is 989. The predicted molar refractivity (Wildman–Crippen MR) is 129 cm³/mol. The lowest BCUT2D eigenvalue weighted by atomic mass is 10.1. The van der Waals surface area contributed by atoms with Gasteiger partial charge in [-0.1, -0.05) is 59.2 Å². The van der Waals surface area contributed by atoms with Gasteiger partial charge >= 0.3 is 0 Å². The predicted octanol–water partition coefficient (Wildman–Crippen LogP) is 5.12. The van der Waals surface area contributed by atoms with Crippen LogP contribution in [0.1, 0.15) is 11.1 Å². The normalized spacial score (nSPS) is 17.9. The number of hydrogen-bond donors (Lipinski definition) is 0. The molecule has 2 aromatic carbocycles. The monoisotopic (exact) mass is 460 g/mol. The lowest BCUT2D eigenvalue weighted by Gasteiger charge is -2.13. The first-order valence-electron chi connectivity index (χ1n) is 9.30. The number of carbonyl (C=O) groups excluding carboxylic acids is 1. The van der Waals surface area contributed by atoms with Gasteiger partial charge in [-0.25, -0.2) is 0 Å². The summed E-state index contributed by atoms with van der Waals surface area (Å²) in [6.07, 6.45) is 3.89. The van der Waals surface area contributed by atoms with Crippen LogP contribution >= 0.6 is 35.0 Å². The quantitative estimate of drug-likeness (QED) is 0.327. The van der Waals surface area contributed by atoms with Crippen LogP contribution in [0.3, 0.4) is 0 Å². The first-order chi connectivity index (χ1) is 14.4. The molecule has 1 atom stereocenters. The van der Waals surface area contributed by atoms with E-state index in [0.29, 0.717) is 28.2 Å². The summed E-state index contributed by atoms with van der Waals surface area (Å²) in [7, 11) is 3.98. The zero-order valence-electron chi connectivity index (χ0n) is 16.8. The first kappa shape index (κ1) is 22.4. The molecule has 3 rings (SSSR count). The molecule has 30 heavy (non-hydrogen) atoms. The molecule has 0 spiro atoms. The van der Waals surface area contributed by atoms with E-state index in [0.717, 1.165) is 16.8 Å². The molecule has 0 aromatic heterocycles. The van der Waals surface area contributed by atoms with Gasteiger partial charge in [-0.05, 0) is 41.8 Å². The van der Waals surface area contributed by atoms with E-state index in [2.05, 4.69) is 16.8 Å². The second-order valence-electron chi connectivity index (χ2n) is 6.91. The fourth-order valence-corrected chi connectivity index (χ4v) is 4.36. The highest BCUT2D eigenvalue weighted by Crippen LogP contribution is 2.31. The molecule has 8 heteroatoms. The van der Waals surface area contributed by atoms with Gasteiger partial charge in [0.1, 0.15) is 0 Å². The Morgan fingerprint density at radius 1 is 1.17 bits per heavy atom. The maximum atomic E-state index is 12.9. The lowest BCUT2D eigenvalue weighted by molar-refractivity contribution is -0.125. The first-order valence-corrected chi connectivity index (χ1v) is 10.9. The molecule has 5 nitrogen and oxygen atoms in total. The summed E-state index contributed by atoms with van der Waals surface area (Å²) in [6, 6.07) is 13.4. The summed E-state index contributed by atoms with van der Waals surface area (Å²) >= 11 is 13.5. The molecule has 1 fully saturated rings. The van der Waals surface area contributed by atoms with Crippen molar-refractivity contribution < 1.29 is 4.79 Å². The molecule has 1 aliphatic rings. The number of nitrogens with zero attached hydrogens (tertiary/aromatic N) is 4. The Kier molecular flexibility index (Phi) is 7.58. The molecule has 1 amide bonds. The van der Waals surface area contributed by atoms with E-state index < -0.39 is 0 Å². The van der Waals surface area contributed by atoms with Crippen molar-refractivity contribution in [2.24, 2.45) is 10.2 Å². The summed E-state index contributed by atoms with van der Waals surface area (Å²) in [5.41, 5.74) is 2.99. The Morgan fingerprint density at radius 3 is 2.53 bits per heavy atom. The SMILES string of the molecule is C=CCN1C(=O)C(Cc2ccc(Cl)c(Cl)c2)S/C1=N/N=C/c1ccc(N(C)C)cc1. The van der Waals surface area contributed by atoms with Crippen molar-refractivity contribution in [2.75, 3.05) is 25.5 Å². The molecule has 156 valence electrons. The number of halogens is 2. The standard InChI is InChI=1S/C22H22Cl2N4OS/c1-4-11-28-21(29)20(13-16-7-10-18(23)19(24)12-16)30-22(28)26-25-14-15-5-8-17(9-6-15)27(2)3/h4-10,12,14,20H,1,11,13H2,2-3H3/b25-14+,26-22+. The maximum absolute atomic E-state index is 12.9. The van der Waals surface area contributed by atoms with Gasteiger partial charge in [0, 0.05) is 26.3 Å². The second kappa shape index (κ2) is 10.2. The fraction of sp³-hybridized carbons (Fsp3) is 0.227. The topological polar surface area (TPSA) is 48.3 Å². The fourth-order valence-electron chi connectivity index (χ4n) is 2.90. The van der Waals surface area contributed by atoms with Gasteiger partial charge < -0.3 is 4.90 Å². The van der Waals surface area contributed by atoms with Gasteiger partial charge in [0.2, 0.25) is 5.91 Å². The minimum atomic E-state index is -0.296. The van der Waals surface area contributed by atoms with E-state index >= 15 is 0 Å². The number of hydrogen-bond acceptors (Lipinski definition) is 5. The van der Waals surface area contributed by atoms with Crippen molar-refractivity contribution in [2.45, 2.75) is 11.7 Å². The van der Waals surface area contributed by atoms with E-state index in [1.165, 1.54) is 11.8 Å². The van der Waals surface area contributed by atoms with E-state index in [1.807, 2.05) is 49.3 Å². The van der Waals surface area contributed by atoms with Crippen LogP contribution in [0.15, 0.2) is 65.3 Å². The molecule has 0 saturated carbocycles. The molecule has 1 unspecified atom stereocenters. The third-order valence-corrected chi connectivity index (χ3v) is 6.40. The van der Waals surface area contributed by atoms with Crippen LogP contribution in [0.2, 0.25) is 10.0 Å². The van der Waals surface area contributed by atoms with Gasteiger partial charge in [0.15, 0.2) is 5.17 Å². The molecule has 0 aliphatic carbocycles. The number of carbonyl (C=O) groups is 1. The largest absolute Gasteiger partial charge is 0.378 e. The number of thioether (sulfide) groups is 1. The third kappa shape index (κ3) is 5.45. The Balaban J connectivity index is 1.74. The third-order valence-electron chi connectivity index (χ3n) is 4.50. The smallest absolute Gasteiger partial charge is 0.242 e. The highest BCUT2D eigenvalue weighted by Gasteiger charge is 2.37. The van der Waals surface area contributed by atoms with Crippen molar-refractivity contribution in [1.82, 2.24) is 4.90 Å². The van der Waals surface area contributed by atoms with Crippen molar-refractivity contribution in [3.63, 3.8) is 0 Å². The summed E-state index contributed by atoms with van der Waals surface area (Å²) < 4.78 is 0. The van der Waals surface area contributed by atoms with E-state index in [4.69, 9.17) is 23.2 Å². The van der Waals surface area contributed by atoms with E-state index in [1.54, 1.807) is 29.3 Å². The van der Waals surface area contributed by atoms with Crippen LogP contribution in [0.5, 0.6) is 0 Å². The highest BCUT2D eigenvalue weighted by atomic mass is 35.5. The molecule has 0 radical (unpaired) electrons. The van der Waals surface area contributed by atoms with Crippen LogP contribution in [0.25, 0.3) is 0 Å². The molecule has 1 saturated heterocycles. The summed E-state index contributed by atoms with van der Waals surface area (Å²) in [4.78, 5) is 16.5. The zero-order valence-corrected chi connectivity index (χ0v) is 19.1. The highest BCUT2D eigenvalue weighted by molar-refractivity contribution is 8.15. The zero-order chi connectivity index (χ0) is 21.7. The number of benzene rings is 2. The van der Waals surface area contributed by atoms with Crippen LogP contribution < -0.4 is 4.90 Å². The van der Waals surface area contributed by atoms with Crippen molar-refractivity contribution in [3.8, 4) is 0 Å². The maximum Gasteiger partial charge on any atom is 0.242 e. The van der Waals surface area contributed by atoms with Gasteiger partial charge in [-0.2, -0.15) is 5.10 Å². The minimum Gasteiger partial charge on any atom is -0.378 e. The van der Waals surface area contributed by atoms with Gasteiger partial charge in [0.25, 0.3) is 0 Å². The van der Waals surface area contributed by atoms with Crippen LogP contribution in [0.4, 0.5) is 5.69 Å². The van der Waals surface area contributed by atoms with Crippen LogP contribution in [-0.4, -0.2) is 48.1 Å². The second-order valence-corrected chi connectivity index (χ2v) is 8.89. The molecule has 1 heterocycles. The molecule has 2 aromatic rings. The number of rotatable bonds is 7. The van der Waals surface area contributed by atoms with Gasteiger partial charge in [0.05, 0.1) is 21.5 Å². The average Bonchev–Trinajstić information content (AvgIpc) is 3.00. The van der Waals surface area contributed by atoms with E-state index in [9.17, 15) is 4.79 Å². The molecular weight excluding hydrogens is 439 g/mol. The average molecular weight is 461 g/mol. The molecular formula is C22H22Cl2N4OS. The number of amidine groups is 1. The van der Waals surface area contributed by atoms with Crippen molar-refractivity contribution >= 4 is 57.9 Å². The lowest BCUT2D eigenvalue weighted by Crippen LogP contribution is -2.32. The Labute approximate surface area is 191 Å².